The Morgan fingerprint density at radius 2 is 1.95 bits per heavy atom. The number of aromatic nitrogens is 5. The molecule has 0 saturated carbocycles. The summed E-state index contributed by atoms with van der Waals surface area (Å²) in [5.74, 6) is 0.514. The van der Waals surface area contributed by atoms with Gasteiger partial charge in [-0.05, 0) is 58.2 Å². The number of carbonyl (C=O) groups excluding carboxylic acids is 1. The molecule has 5 aromatic rings. The second-order valence-electron chi connectivity index (χ2n) is 11.2. The normalized spacial score (nSPS) is 16.3. The average Bonchev–Trinajstić information content (AvgIpc) is 3.55. The van der Waals surface area contributed by atoms with Crippen molar-refractivity contribution < 1.29 is 9.53 Å². The van der Waals surface area contributed by atoms with Gasteiger partial charge in [-0.1, -0.05) is 12.1 Å². The smallest absolute Gasteiger partial charge is 0.274 e. The molecule has 10 heteroatoms. The van der Waals surface area contributed by atoms with Gasteiger partial charge in [0.1, 0.15) is 23.7 Å². The van der Waals surface area contributed by atoms with Gasteiger partial charge in [0, 0.05) is 74.2 Å². The first kappa shape index (κ1) is 27.9. The molecule has 5 heterocycles. The van der Waals surface area contributed by atoms with Crippen molar-refractivity contribution in [2.45, 2.75) is 39.8 Å². The van der Waals surface area contributed by atoms with Gasteiger partial charge in [0.2, 0.25) is 0 Å². The molecule has 1 aromatic carbocycles. The lowest BCUT2D eigenvalue weighted by Crippen LogP contribution is -2.50. The zero-order valence-electron chi connectivity index (χ0n) is 24.7. The third kappa shape index (κ3) is 5.86. The van der Waals surface area contributed by atoms with E-state index < -0.39 is 0 Å². The van der Waals surface area contributed by atoms with E-state index in [4.69, 9.17) is 9.84 Å². The highest BCUT2D eigenvalue weighted by Gasteiger charge is 2.20. The van der Waals surface area contributed by atoms with Gasteiger partial charge < -0.3 is 15.0 Å². The maximum atomic E-state index is 13.4. The maximum Gasteiger partial charge on any atom is 0.274 e. The first-order valence-electron chi connectivity index (χ1n) is 14.6. The molecule has 1 fully saturated rings. The van der Waals surface area contributed by atoms with E-state index in [2.05, 4.69) is 39.1 Å². The molecule has 0 aliphatic carbocycles. The second-order valence-corrected chi connectivity index (χ2v) is 11.2. The molecule has 1 amide bonds. The molecule has 1 N–H and O–H groups in total. The number of ether oxygens (including phenoxy) is 1. The van der Waals surface area contributed by atoms with Gasteiger partial charge in [0.15, 0.2) is 0 Å². The number of carbonyl (C=O) groups is 1. The van der Waals surface area contributed by atoms with Crippen LogP contribution in [0.1, 0.15) is 34.5 Å². The van der Waals surface area contributed by atoms with Crippen LogP contribution in [0.15, 0.2) is 60.9 Å². The highest BCUT2D eigenvalue weighted by atomic mass is 16.5. The summed E-state index contributed by atoms with van der Waals surface area (Å²) in [6, 6.07) is 16.3. The van der Waals surface area contributed by atoms with Crippen molar-refractivity contribution >= 4 is 28.1 Å². The number of nitrogens with one attached hydrogen (secondary N) is 1. The number of anilines is 1. The predicted octanol–water partition coefficient (Wildman–Crippen LogP) is 4.21. The molecule has 1 aliphatic rings. The van der Waals surface area contributed by atoms with E-state index in [1.165, 1.54) is 0 Å². The molecular formula is C32H38N8O2. The van der Waals surface area contributed by atoms with Crippen LogP contribution in [0.2, 0.25) is 0 Å². The van der Waals surface area contributed by atoms with Crippen molar-refractivity contribution in [3.8, 4) is 5.75 Å². The molecule has 0 radical (unpaired) electrons. The van der Waals surface area contributed by atoms with E-state index in [1.807, 2.05) is 73.3 Å². The zero-order valence-corrected chi connectivity index (χ0v) is 24.7. The number of benzene rings is 1. The maximum absolute atomic E-state index is 13.4. The van der Waals surface area contributed by atoms with Crippen molar-refractivity contribution in [3.63, 3.8) is 0 Å². The molecule has 4 aromatic heterocycles. The number of hydrogen-bond donors (Lipinski definition) is 1. The van der Waals surface area contributed by atoms with Gasteiger partial charge in [-0.25, -0.2) is 4.98 Å². The van der Waals surface area contributed by atoms with Crippen LogP contribution in [0.3, 0.4) is 0 Å². The highest BCUT2D eigenvalue weighted by Crippen LogP contribution is 2.28. The summed E-state index contributed by atoms with van der Waals surface area (Å²) in [5, 5.41) is 8.81. The number of fused-ring (bicyclic) bond motifs is 2. The number of amides is 1. The second kappa shape index (κ2) is 11.9. The van der Waals surface area contributed by atoms with Crippen LogP contribution in [-0.2, 0) is 13.0 Å². The van der Waals surface area contributed by atoms with E-state index in [-0.39, 0.29) is 5.91 Å². The summed E-state index contributed by atoms with van der Waals surface area (Å²) in [7, 11) is 2.18. The van der Waals surface area contributed by atoms with Crippen LogP contribution in [-0.4, -0.2) is 85.7 Å². The largest absolute Gasteiger partial charge is 0.492 e. The summed E-state index contributed by atoms with van der Waals surface area (Å²) in [6.07, 6.45) is 4.22. The standard InChI is InChI=1S/C32H38N8O2/c1-22-7-5-8-25(34-22)11-14-40-28-10-6-9-27(31(28)24(3)36-40)35-32(41)29-20-33-30-19-26(12-13-39(29)30)42-18-17-38-16-15-37(4)23(2)21-38/h5-10,12-13,19-20,23H,11,14-18,21H2,1-4H3,(H,35,41). The summed E-state index contributed by atoms with van der Waals surface area (Å²) in [6.45, 7) is 11.6. The van der Waals surface area contributed by atoms with Crippen molar-refractivity contribution in [2.24, 2.45) is 0 Å². The zero-order chi connectivity index (χ0) is 29.2. The summed E-state index contributed by atoms with van der Waals surface area (Å²) in [5.41, 5.74) is 5.72. The molecule has 6 rings (SSSR count). The van der Waals surface area contributed by atoms with Crippen molar-refractivity contribution in [1.29, 1.82) is 0 Å². The first-order valence-corrected chi connectivity index (χ1v) is 14.6. The fourth-order valence-corrected chi connectivity index (χ4v) is 5.68. The van der Waals surface area contributed by atoms with Crippen LogP contribution in [0, 0.1) is 13.8 Å². The molecule has 0 bridgehead atoms. The summed E-state index contributed by atoms with van der Waals surface area (Å²) < 4.78 is 9.82. The molecular weight excluding hydrogens is 528 g/mol. The minimum Gasteiger partial charge on any atom is -0.492 e. The van der Waals surface area contributed by atoms with E-state index in [0.29, 0.717) is 30.5 Å². The first-order chi connectivity index (χ1) is 20.4. The van der Waals surface area contributed by atoms with Gasteiger partial charge in [-0.2, -0.15) is 5.10 Å². The molecule has 1 saturated heterocycles. The van der Waals surface area contributed by atoms with E-state index >= 15 is 0 Å². The van der Waals surface area contributed by atoms with Crippen LogP contribution < -0.4 is 10.1 Å². The number of aryl methyl sites for hydroxylation is 4. The van der Waals surface area contributed by atoms with Gasteiger partial charge >= 0.3 is 0 Å². The molecule has 0 spiro atoms. The highest BCUT2D eigenvalue weighted by molar-refractivity contribution is 6.08. The van der Waals surface area contributed by atoms with Crippen molar-refractivity contribution in [3.05, 3.63) is 83.7 Å². The quantitative estimate of drug-likeness (QED) is 0.286. The number of likely N-dealkylation sites (N-methyl/N-ethyl adjacent to an activating group) is 1. The van der Waals surface area contributed by atoms with E-state index in [9.17, 15) is 4.79 Å². The van der Waals surface area contributed by atoms with Gasteiger partial charge in [-0.15, -0.1) is 0 Å². The molecule has 1 atom stereocenters. The van der Waals surface area contributed by atoms with Crippen molar-refractivity contribution in [1.82, 2.24) is 33.9 Å². The summed E-state index contributed by atoms with van der Waals surface area (Å²) in [4.78, 5) is 27.4. The molecule has 1 aliphatic heterocycles. The Hall–Kier alpha value is -4.28. The predicted molar refractivity (Wildman–Crippen MR) is 164 cm³/mol. The lowest BCUT2D eigenvalue weighted by atomic mass is 10.1. The number of rotatable bonds is 9. The van der Waals surface area contributed by atoms with Crippen LogP contribution in [0.25, 0.3) is 16.6 Å². The Morgan fingerprint density at radius 3 is 2.79 bits per heavy atom. The van der Waals surface area contributed by atoms with Crippen LogP contribution in [0.4, 0.5) is 5.69 Å². The molecule has 1 unspecified atom stereocenters. The average molecular weight is 567 g/mol. The third-order valence-corrected chi connectivity index (χ3v) is 8.16. The lowest BCUT2D eigenvalue weighted by molar-refractivity contribution is 0.0928. The Kier molecular flexibility index (Phi) is 7.90. The van der Waals surface area contributed by atoms with Crippen LogP contribution in [0.5, 0.6) is 5.75 Å². The number of piperazine rings is 1. The fraction of sp³-hybridized carbons (Fsp3) is 0.375. The SMILES string of the molecule is Cc1cccc(CCn2nc(C)c3c(NC(=O)c4cnc5cc(OCCN6CCN(C)C(C)C6)ccn45)cccc32)n1. The van der Waals surface area contributed by atoms with E-state index in [0.717, 1.165) is 72.0 Å². The monoisotopic (exact) mass is 566 g/mol. The Morgan fingerprint density at radius 1 is 1.10 bits per heavy atom. The Balaban J connectivity index is 1.13. The minimum absolute atomic E-state index is 0.232. The Labute approximate surface area is 245 Å². The Bertz CT molecular complexity index is 1720. The minimum atomic E-state index is -0.232. The molecule has 218 valence electrons. The number of pyridine rings is 2. The number of imidazole rings is 1. The molecule has 42 heavy (non-hydrogen) atoms. The third-order valence-electron chi connectivity index (χ3n) is 8.16. The topological polar surface area (TPSA) is 92.8 Å². The van der Waals surface area contributed by atoms with Crippen molar-refractivity contribution in [2.75, 3.05) is 45.2 Å². The summed E-state index contributed by atoms with van der Waals surface area (Å²) >= 11 is 0. The van der Waals surface area contributed by atoms with Crippen LogP contribution >= 0.6 is 0 Å². The molecule has 10 nitrogen and oxygen atoms in total. The number of nitrogens with zero attached hydrogens (tertiary/aromatic N) is 7. The lowest BCUT2D eigenvalue weighted by Gasteiger charge is -2.37. The number of hydrogen-bond acceptors (Lipinski definition) is 7. The van der Waals surface area contributed by atoms with Gasteiger partial charge in [0.05, 0.1) is 23.1 Å². The van der Waals surface area contributed by atoms with E-state index in [1.54, 1.807) is 10.6 Å². The fourth-order valence-electron chi connectivity index (χ4n) is 5.68. The van der Waals surface area contributed by atoms with Gasteiger partial charge in [0.25, 0.3) is 5.91 Å². The van der Waals surface area contributed by atoms with Gasteiger partial charge in [-0.3, -0.25) is 23.8 Å².